The summed E-state index contributed by atoms with van der Waals surface area (Å²) in [6.07, 6.45) is 3.17. The maximum atomic E-state index is 10.9. The molecular formula is C14H20O3. The molecule has 0 aliphatic rings. The molecule has 3 heteroatoms. The number of carboxylic acids is 1. The molecule has 0 radical (unpaired) electrons. The van der Waals surface area contributed by atoms with Crippen LogP contribution in [0.5, 0.6) is 5.75 Å². The summed E-state index contributed by atoms with van der Waals surface area (Å²) in [5.41, 5.74) is 1.01. The lowest BCUT2D eigenvalue weighted by Crippen LogP contribution is -2.08. The highest BCUT2D eigenvalue weighted by atomic mass is 16.5. The summed E-state index contributed by atoms with van der Waals surface area (Å²) in [6.45, 7) is 2.11. The first-order chi connectivity index (χ1) is 8.19. The predicted octanol–water partition coefficient (Wildman–Crippen LogP) is 3.44. The van der Waals surface area contributed by atoms with Crippen molar-refractivity contribution in [1.29, 1.82) is 0 Å². The quantitative estimate of drug-likeness (QED) is 0.788. The van der Waals surface area contributed by atoms with Crippen LogP contribution in [0.15, 0.2) is 24.3 Å². The van der Waals surface area contributed by atoms with Gasteiger partial charge in [0.05, 0.1) is 13.5 Å². The van der Waals surface area contributed by atoms with E-state index in [-0.39, 0.29) is 12.3 Å². The van der Waals surface area contributed by atoms with Gasteiger partial charge in [-0.05, 0) is 24.0 Å². The summed E-state index contributed by atoms with van der Waals surface area (Å²) in [5, 5.41) is 8.97. The fraction of sp³-hybridized carbons (Fsp3) is 0.500. The maximum Gasteiger partial charge on any atom is 0.303 e. The Kier molecular flexibility index (Phi) is 5.53. The van der Waals surface area contributed by atoms with Crippen LogP contribution in [-0.4, -0.2) is 18.2 Å². The van der Waals surface area contributed by atoms with E-state index in [1.807, 2.05) is 24.3 Å². The molecule has 0 aromatic heterocycles. The number of benzene rings is 1. The Morgan fingerprint density at radius 1 is 1.41 bits per heavy atom. The minimum atomic E-state index is -0.753. The number of hydrogen-bond acceptors (Lipinski definition) is 2. The first-order valence-electron chi connectivity index (χ1n) is 6.03. The molecule has 3 nitrogen and oxygen atoms in total. The molecular weight excluding hydrogens is 216 g/mol. The molecule has 0 spiro atoms. The number of para-hydroxylation sites is 1. The third kappa shape index (κ3) is 4.10. The SMILES string of the molecule is CCCC[C@H](CC(=O)O)c1ccccc1OC. The molecule has 1 aromatic rings. The zero-order valence-corrected chi connectivity index (χ0v) is 10.5. The van der Waals surface area contributed by atoms with Crippen LogP contribution in [0, 0.1) is 0 Å². The lowest BCUT2D eigenvalue weighted by Gasteiger charge is -2.17. The van der Waals surface area contributed by atoms with Crippen molar-refractivity contribution in [2.24, 2.45) is 0 Å². The van der Waals surface area contributed by atoms with Crippen molar-refractivity contribution in [3.63, 3.8) is 0 Å². The Morgan fingerprint density at radius 3 is 2.71 bits per heavy atom. The Balaban J connectivity index is 2.90. The van der Waals surface area contributed by atoms with E-state index in [1.165, 1.54) is 0 Å². The zero-order chi connectivity index (χ0) is 12.7. The number of unbranched alkanes of at least 4 members (excludes halogenated alkanes) is 1. The largest absolute Gasteiger partial charge is 0.496 e. The van der Waals surface area contributed by atoms with Gasteiger partial charge in [0.15, 0.2) is 0 Å². The van der Waals surface area contributed by atoms with Crippen molar-refractivity contribution in [3.8, 4) is 5.75 Å². The van der Waals surface area contributed by atoms with E-state index in [9.17, 15) is 4.79 Å². The molecule has 0 aliphatic carbocycles. The van der Waals surface area contributed by atoms with Gasteiger partial charge >= 0.3 is 5.97 Å². The van der Waals surface area contributed by atoms with E-state index in [1.54, 1.807) is 7.11 Å². The van der Waals surface area contributed by atoms with Crippen LogP contribution in [0.4, 0.5) is 0 Å². The normalized spacial score (nSPS) is 12.1. The van der Waals surface area contributed by atoms with E-state index in [4.69, 9.17) is 9.84 Å². The van der Waals surface area contributed by atoms with Crippen LogP contribution in [-0.2, 0) is 4.79 Å². The van der Waals surface area contributed by atoms with E-state index < -0.39 is 5.97 Å². The molecule has 0 saturated carbocycles. The van der Waals surface area contributed by atoms with Gasteiger partial charge in [-0.15, -0.1) is 0 Å². The highest BCUT2D eigenvalue weighted by Crippen LogP contribution is 2.32. The smallest absolute Gasteiger partial charge is 0.303 e. The molecule has 1 aromatic carbocycles. The van der Waals surface area contributed by atoms with Crippen molar-refractivity contribution < 1.29 is 14.6 Å². The van der Waals surface area contributed by atoms with E-state index in [0.717, 1.165) is 30.6 Å². The van der Waals surface area contributed by atoms with Gasteiger partial charge in [-0.2, -0.15) is 0 Å². The van der Waals surface area contributed by atoms with Crippen LogP contribution < -0.4 is 4.74 Å². The first-order valence-corrected chi connectivity index (χ1v) is 6.03. The van der Waals surface area contributed by atoms with Crippen molar-refractivity contribution in [3.05, 3.63) is 29.8 Å². The van der Waals surface area contributed by atoms with Gasteiger partial charge in [0.1, 0.15) is 5.75 Å². The first kappa shape index (κ1) is 13.6. The summed E-state index contributed by atoms with van der Waals surface area (Å²) in [7, 11) is 1.62. The van der Waals surface area contributed by atoms with Gasteiger partial charge in [-0.1, -0.05) is 38.0 Å². The second kappa shape index (κ2) is 6.94. The lowest BCUT2D eigenvalue weighted by molar-refractivity contribution is -0.137. The summed E-state index contributed by atoms with van der Waals surface area (Å²) >= 11 is 0. The fourth-order valence-corrected chi connectivity index (χ4v) is 2.03. The number of aliphatic carboxylic acids is 1. The molecule has 1 N–H and O–H groups in total. The number of methoxy groups -OCH3 is 1. The van der Waals surface area contributed by atoms with Crippen LogP contribution in [0.1, 0.15) is 44.1 Å². The van der Waals surface area contributed by atoms with Gasteiger partial charge in [0.2, 0.25) is 0 Å². The summed E-state index contributed by atoms with van der Waals surface area (Å²) in [6, 6.07) is 7.68. The topological polar surface area (TPSA) is 46.5 Å². The molecule has 1 rings (SSSR count). The monoisotopic (exact) mass is 236 g/mol. The lowest BCUT2D eigenvalue weighted by atomic mass is 9.90. The summed E-state index contributed by atoms with van der Waals surface area (Å²) < 4.78 is 5.29. The van der Waals surface area contributed by atoms with Crippen molar-refractivity contribution in [2.75, 3.05) is 7.11 Å². The second-order valence-electron chi connectivity index (χ2n) is 4.18. The minimum absolute atomic E-state index is 0.0450. The van der Waals surface area contributed by atoms with Crippen molar-refractivity contribution >= 4 is 5.97 Å². The van der Waals surface area contributed by atoms with Gasteiger partial charge in [-0.3, -0.25) is 4.79 Å². The summed E-state index contributed by atoms with van der Waals surface area (Å²) in [5.74, 6) is 0.0791. The van der Waals surface area contributed by atoms with E-state index >= 15 is 0 Å². The molecule has 0 amide bonds. The molecule has 0 unspecified atom stereocenters. The van der Waals surface area contributed by atoms with Crippen LogP contribution in [0.2, 0.25) is 0 Å². The molecule has 0 bridgehead atoms. The van der Waals surface area contributed by atoms with Crippen molar-refractivity contribution in [2.45, 2.75) is 38.5 Å². The summed E-state index contributed by atoms with van der Waals surface area (Å²) in [4.78, 5) is 10.9. The van der Waals surface area contributed by atoms with Gasteiger partial charge in [0, 0.05) is 0 Å². The minimum Gasteiger partial charge on any atom is -0.496 e. The number of carbonyl (C=O) groups is 1. The Hall–Kier alpha value is -1.51. The molecule has 1 atom stereocenters. The molecule has 0 saturated heterocycles. The zero-order valence-electron chi connectivity index (χ0n) is 10.5. The third-order valence-electron chi connectivity index (χ3n) is 2.91. The third-order valence-corrected chi connectivity index (χ3v) is 2.91. The van der Waals surface area contributed by atoms with Crippen LogP contribution in [0.3, 0.4) is 0 Å². The standard InChI is InChI=1S/C14H20O3/c1-3-4-7-11(10-14(15)16)12-8-5-6-9-13(12)17-2/h5-6,8-9,11H,3-4,7,10H2,1-2H3,(H,15,16)/t11-/m1/s1. The van der Waals surface area contributed by atoms with E-state index in [0.29, 0.717) is 0 Å². The molecule has 94 valence electrons. The molecule has 0 aliphatic heterocycles. The Labute approximate surface area is 102 Å². The van der Waals surface area contributed by atoms with Crippen molar-refractivity contribution in [1.82, 2.24) is 0 Å². The second-order valence-corrected chi connectivity index (χ2v) is 4.18. The van der Waals surface area contributed by atoms with Gasteiger partial charge < -0.3 is 9.84 Å². The van der Waals surface area contributed by atoms with Crippen LogP contribution >= 0.6 is 0 Å². The fourth-order valence-electron chi connectivity index (χ4n) is 2.03. The number of ether oxygens (including phenoxy) is 1. The Bertz CT molecular complexity index is 360. The molecule has 0 fully saturated rings. The van der Waals surface area contributed by atoms with Gasteiger partial charge in [0.25, 0.3) is 0 Å². The molecule has 17 heavy (non-hydrogen) atoms. The average molecular weight is 236 g/mol. The van der Waals surface area contributed by atoms with Gasteiger partial charge in [-0.25, -0.2) is 0 Å². The van der Waals surface area contributed by atoms with Crippen LogP contribution in [0.25, 0.3) is 0 Å². The van der Waals surface area contributed by atoms with E-state index in [2.05, 4.69) is 6.92 Å². The molecule has 0 heterocycles. The number of hydrogen-bond donors (Lipinski definition) is 1. The predicted molar refractivity (Wildman–Crippen MR) is 67.5 cm³/mol. The average Bonchev–Trinajstić information content (AvgIpc) is 2.34. The number of rotatable bonds is 7. The Morgan fingerprint density at radius 2 is 2.12 bits per heavy atom. The number of carboxylic acid groups (broad SMARTS) is 1. The highest BCUT2D eigenvalue weighted by Gasteiger charge is 2.18. The maximum absolute atomic E-state index is 10.9. The highest BCUT2D eigenvalue weighted by molar-refractivity contribution is 5.68.